The van der Waals surface area contributed by atoms with Crippen LogP contribution in [-0.2, 0) is 18.3 Å². The summed E-state index contributed by atoms with van der Waals surface area (Å²) < 4.78 is 1.79. The molecule has 3 aromatic heterocycles. The third-order valence-corrected chi connectivity index (χ3v) is 4.95. The van der Waals surface area contributed by atoms with Gasteiger partial charge in [0.15, 0.2) is 11.5 Å². The van der Waals surface area contributed by atoms with E-state index in [9.17, 15) is 4.79 Å². The van der Waals surface area contributed by atoms with Crippen LogP contribution in [0.15, 0.2) is 6.07 Å². The predicted octanol–water partition coefficient (Wildman–Crippen LogP) is 2.68. The summed E-state index contributed by atoms with van der Waals surface area (Å²) in [6, 6.07) is 1.93. The summed E-state index contributed by atoms with van der Waals surface area (Å²) in [6.45, 7) is 5.95. The Balaban J connectivity index is 1.58. The van der Waals surface area contributed by atoms with E-state index in [2.05, 4.69) is 25.6 Å². The number of nitrogens with zero attached hydrogens (tertiary/aromatic N) is 4. The monoisotopic (exact) mass is 338 g/mol. The Labute approximate surface area is 145 Å². The van der Waals surface area contributed by atoms with E-state index >= 15 is 0 Å². The molecule has 7 nitrogen and oxygen atoms in total. The molecule has 25 heavy (non-hydrogen) atoms. The van der Waals surface area contributed by atoms with Gasteiger partial charge in [-0.1, -0.05) is 0 Å². The Morgan fingerprint density at radius 1 is 1.32 bits per heavy atom. The molecule has 1 fully saturated rings. The van der Waals surface area contributed by atoms with Crippen molar-refractivity contribution in [1.82, 2.24) is 25.0 Å². The highest BCUT2D eigenvalue weighted by Crippen LogP contribution is 2.39. The van der Waals surface area contributed by atoms with Crippen LogP contribution in [0.5, 0.6) is 0 Å². The molecule has 1 aliphatic rings. The number of carbonyl (C=O) groups is 1. The zero-order valence-electron chi connectivity index (χ0n) is 15.0. The van der Waals surface area contributed by atoms with Gasteiger partial charge in [0.05, 0.1) is 12.1 Å². The average molecular weight is 338 g/mol. The number of anilines is 1. The first kappa shape index (κ1) is 15.8. The fraction of sp³-hybridized carbons (Fsp3) is 0.444. The molecule has 3 heterocycles. The van der Waals surface area contributed by atoms with E-state index in [-0.39, 0.29) is 12.3 Å². The van der Waals surface area contributed by atoms with Crippen LogP contribution in [0.4, 0.5) is 5.82 Å². The molecule has 130 valence electrons. The number of fused-ring (bicyclic) bond motifs is 1. The maximum atomic E-state index is 12.5. The minimum atomic E-state index is -0.0808. The zero-order valence-corrected chi connectivity index (χ0v) is 15.0. The summed E-state index contributed by atoms with van der Waals surface area (Å²) in [5.41, 5.74) is 5.80. The van der Waals surface area contributed by atoms with Crippen molar-refractivity contribution in [2.24, 2.45) is 7.05 Å². The Bertz CT molecular complexity index is 979. The lowest BCUT2D eigenvalue weighted by Crippen LogP contribution is -2.16. The van der Waals surface area contributed by atoms with Crippen molar-refractivity contribution in [2.75, 3.05) is 5.32 Å². The smallest absolute Gasteiger partial charge is 0.230 e. The van der Waals surface area contributed by atoms with Gasteiger partial charge in [-0.25, -0.2) is 4.98 Å². The fourth-order valence-electron chi connectivity index (χ4n) is 3.47. The summed E-state index contributed by atoms with van der Waals surface area (Å²) in [5, 5.41) is 15.6. The highest BCUT2D eigenvalue weighted by atomic mass is 16.1. The van der Waals surface area contributed by atoms with E-state index in [1.165, 1.54) is 12.8 Å². The van der Waals surface area contributed by atoms with Crippen molar-refractivity contribution in [3.8, 4) is 0 Å². The highest BCUT2D eigenvalue weighted by Gasteiger charge is 2.26. The van der Waals surface area contributed by atoms with Crippen LogP contribution >= 0.6 is 0 Å². The minimum absolute atomic E-state index is 0.0808. The number of aromatic nitrogens is 5. The van der Waals surface area contributed by atoms with Gasteiger partial charge in [-0.2, -0.15) is 10.2 Å². The molecular formula is C18H22N6O. The maximum Gasteiger partial charge on any atom is 0.230 e. The summed E-state index contributed by atoms with van der Waals surface area (Å²) in [6.07, 6.45) is 2.68. The number of aromatic amines is 1. The number of pyridine rings is 1. The zero-order chi connectivity index (χ0) is 17.7. The van der Waals surface area contributed by atoms with E-state index in [0.29, 0.717) is 11.7 Å². The number of hydrogen-bond acceptors (Lipinski definition) is 4. The number of rotatable bonds is 4. The van der Waals surface area contributed by atoms with Gasteiger partial charge < -0.3 is 5.32 Å². The first-order valence-corrected chi connectivity index (χ1v) is 8.58. The van der Waals surface area contributed by atoms with Crippen LogP contribution < -0.4 is 5.32 Å². The summed E-state index contributed by atoms with van der Waals surface area (Å²) in [4.78, 5) is 17.1. The molecule has 0 aliphatic heterocycles. The Morgan fingerprint density at radius 3 is 2.80 bits per heavy atom. The largest absolute Gasteiger partial charge is 0.309 e. The second-order valence-electron chi connectivity index (χ2n) is 6.92. The predicted molar refractivity (Wildman–Crippen MR) is 95.6 cm³/mol. The lowest BCUT2D eigenvalue weighted by molar-refractivity contribution is -0.115. The quantitative estimate of drug-likeness (QED) is 0.765. The van der Waals surface area contributed by atoms with Crippen molar-refractivity contribution in [3.05, 3.63) is 34.3 Å². The third kappa shape index (κ3) is 2.79. The number of aryl methyl sites for hydroxylation is 4. The van der Waals surface area contributed by atoms with Gasteiger partial charge in [0.1, 0.15) is 0 Å². The van der Waals surface area contributed by atoms with Crippen molar-refractivity contribution in [3.63, 3.8) is 0 Å². The molecule has 1 aliphatic carbocycles. The number of nitrogens with one attached hydrogen (secondary N) is 2. The highest BCUT2D eigenvalue weighted by molar-refractivity contribution is 5.93. The first-order chi connectivity index (χ1) is 11.9. The number of H-pyrrole nitrogens is 1. The second kappa shape index (κ2) is 5.68. The van der Waals surface area contributed by atoms with Crippen LogP contribution in [0.25, 0.3) is 11.0 Å². The van der Waals surface area contributed by atoms with Crippen molar-refractivity contribution >= 4 is 22.8 Å². The summed E-state index contributed by atoms with van der Waals surface area (Å²) >= 11 is 0. The molecule has 2 N–H and O–H groups in total. The van der Waals surface area contributed by atoms with Gasteiger partial charge in [-0.3, -0.25) is 14.6 Å². The first-order valence-electron chi connectivity index (χ1n) is 8.58. The van der Waals surface area contributed by atoms with E-state index in [0.717, 1.165) is 39.2 Å². The minimum Gasteiger partial charge on any atom is -0.309 e. The van der Waals surface area contributed by atoms with Gasteiger partial charge in [-0.15, -0.1) is 0 Å². The van der Waals surface area contributed by atoms with Crippen molar-refractivity contribution in [2.45, 2.75) is 46.0 Å². The molecule has 3 aromatic rings. The lowest BCUT2D eigenvalue weighted by atomic mass is 10.0. The summed E-state index contributed by atoms with van der Waals surface area (Å²) in [5.74, 6) is 1.10. The molecule has 0 aromatic carbocycles. The molecule has 0 unspecified atom stereocenters. The number of hydrogen-bond donors (Lipinski definition) is 2. The number of carbonyl (C=O) groups excluding carboxylic acids is 1. The molecule has 0 radical (unpaired) electrons. The van der Waals surface area contributed by atoms with Crippen LogP contribution in [0.2, 0.25) is 0 Å². The van der Waals surface area contributed by atoms with Gasteiger partial charge in [0, 0.05) is 35.8 Å². The molecule has 0 spiro atoms. The normalized spacial score (nSPS) is 14.2. The third-order valence-electron chi connectivity index (χ3n) is 4.95. The SMILES string of the molecule is Cc1nc2c(c(C)nn2C)c(C)c1CC(=O)Nc1cc(C2CC2)[nH]n1. The maximum absolute atomic E-state index is 12.5. The van der Waals surface area contributed by atoms with E-state index in [4.69, 9.17) is 0 Å². The molecule has 0 saturated heterocycles. The van der Waals surface area contributed by atoms with Crippen LogP contribution in [-0.4, -0.2) is 30.9 Å². The van der Waals surface area contributed by atoms with Crippen molar-refractivity contribution in [1.29, 1.82) is 0 Å². The Hall–Kier alpha value is -2.70. The molecule has 7 heteroatoms. The van der Waals surface area contributed by atoms with Crippen LogP contribution in [0.1, 0.15) is 47.0 Å². The standard InChI is InChI=1S/C18H22N6O/c1-9-13(10(2)19-18-17(9)11(3)23-24(18)4)7-16(25)20-15-8-14(21-22-15)12-5-6-12/h8,12H,5-7H2,1-4H3,(H2,20,21,22,25). The Kier molecular flexibility index (Phi) is 3.59. The molecule has 1 amide bonds. The molecule has 0 atom stereocenters. The van der Waals surface area contributed by atoms with Crippen LogP contribution in [0, 0.1) is 20.8 Å². The average Bonchev–Trinajstić information content (AvgIpc) is 3.23. The van der Waals surface area contributed by atoms with E-state index < -0.39 is 0 Å². The molecule has 1 saturated carbocycles. The van der Waals surface area contributed by atoms with Gasteiger partial charge in [0.25, 0.3) is 0 Å². The summed E-state index contributed by atoms with van der Waals surface area (Å²) in [7, 11) is 1.89. The van der Waals surface area contributed by atoms with E-state index in [1.807, 2.05) is 33.9 Å². The molecule has 0 bridgehead atoms. The lowest BCUT2D eigenvalue weighted by Gasteiger charge is -2.10. The molecule has 4 rings (SSSR count). The van der Waals surface area contributed by atoms with E-state index in [1.54, 1.807) is 4.68 Å². The fourth-order valence-corrected chi connectivity index (χ4v) is 3.47. The van der Waals surface area contributed by atoms with Gasteiger partial charge in [0.2, 0.25) is 5.91 Å². The van der Waals surface area contributed by atoms with Gasteiger partial charge >= 0.3 is 0 Å². The second-order valence-corrected chi connectivity index (χ2v) is 6.92. The number of amides is 1. The van der Waals surface area contributed by atoms with Crippen molar-refractivity contribution < 1.29 is 4.79 Å². The Morgan fingerprint density at radius 2 is 2.08 bits per heavy atom. The molecular weight excluding hydrogens is 316 g/mol. The van der Waals surface area contributed by atoms with Crippen LogP contribution in [0.3, 0.4) is 0 Å². The van der Waals surface area contributed by atoms with Gasteiger partial charge in [-0.05, 0) is 44.7 Å². The topological polar surface area (TPSA) is 88.5 Å².